The summed E-state index contributed by atoms with van der Waals surface area (Å²) in [4.78, 5) is 52.8. The third-order valence-corrected chi connectivity index (χ3v) is 11.5. The van der Waals surface area contributed by atoms with Gasteiger partial charge >= 0.3 is 27.6 Å². The van der Waals surface area contributed by atoms with Gasteiger partial charge < -0.3 is 44.6 Å². The number of unbranched alkanes of at least 4 members (excludes halogenated alkanes) is 12. The highest BCUT2D eigenvalue weighted by Crippen LogP contribution is 2.44. The highest BCUT2D eigenvalue weighted by atomic mass is 31.2. The molecule has 0 aromatic carbocycles. The molecule has 0 aromatic rings. The molecule has 16 nitrogen and oxygen atoms in total. The van der Waals surface area contributed by atoms with Crippen LogP contribution in [0, 0.1) is 11.8 Å². The van der Waals surface area contributed by atoms with Crippen molar-refractivity contribution < 1.29 is 76.9 Å². The summed E-state index contributed by atoms with van der Waals surface area (Å²) in [6, 6.07) is 0. The molecule has 8 atom stereocenters. The first-order valence-electron chi connectivity index (χ1n) is 21.9. The van der Waals surface area contributed by atoms with Gasteiger partial charge in [0.15, 0.2) is 6.10 Å². The maximum Gasteiger partial charge on any atom is 0.472 e. The number of esters is 2. The van der Waals surface area contributed by atoms with Crippen LogP contribution in [0.5, 0.6) is 0 Å². The standard InChI is InChI=1S/C42H76O16P2/c1-3-5-7-8-9-10-11-12-13-14-15-16-22-26-42(48)58-36(33-57-60(52,53)56-31-35(44)30-55-59(49,50)51)32-54-41(47)25-21-18-17-20-24-37-38(40(46)29-39(37)45)28-27-34(43)23-19-6-4-2/h10-11,17,20,27-28,34-40,43-46H,3-9,12-16,18-19,21-26,29-33H2,1-2H3,(H,52,53)(H2,49,50,51)/b11-10-,20-17+,28-27+/t34-,35-,36+,37+,38+,39-,40+/m0/s1. The molecule has 0 bridgehead atoms. The van der Waals surface area contributed by atoms with Crippen LogP contribution < -0.4 is 0 Å². The van der Waals surface area contributed by atoms with Crippen molar-refractivity contribution in [3.05, 3.63) is 36.5 Å². The number of allylic oxidation sites excluding steroid dienone is 4. The summed E-state index contributed by atoms with van der Waals surface area (Å²) >= 11 is 0. The van der Waals surface area contributed by atoms with Crippen LogP contribution in [-0.2, 0) is 41.8 Å². The Morgan fingerprint density at radius 2 is 1.23 bits per heavy atom. The van der Waals surface area contributed by atoms with Gasteiger partial charge in [0.1, 0.15) is 12.7 Å². The van der Waals surface area contributed by atoms with E-state index in [0.29, 0.717) is 32.1 Å². The predicted molar refractivity (Wildman–Crippen MR) is 227 cm³/mol. The van der Waals surface area contributed by atoms with Gasteiger partial charge in [-0.15, -0.1) is 0 Å². The predicted octanol–water partition coefficient (Wildman–Crippen LogP) is 7.27. The van der Waals surface area contributed by atoms with E-state index in [1.165, 1.54) is 25.7 Å². The quantitative estimate of drug-likeness (QED) is 0.0140. The van der Waals surface area contributed by atoms with Gasteiger partial charge in [0.05, 0.1) is 38.1 Å². The van der Waals surface area contributed by atoms with E-state index in [9.17, 15) is 44.0 Å². The van der Waals surface area contributed by atoms with Crippen LogP contribution in [0.25, 0.3) is 0 Å². The summed E-state index contributed by atoms with van der Waals surface area (Å²) in [5, 5.41) is 41.0. The molecule has 1 aliphatic rings. The molecular weight excluding hydrogens is 822 g/mol. The summed E-state index contributed by atoms with van der Waals surface area (Å²) in [6.45, 7) is 1.35. The number of aliphatic hydroxyl groups excluding tert-OH is 4. The first-order chi connectivity index (χ1) is 28.6. The van der Waals surface area contributed by atoms with E-state index >= 15 is 0 Å². The van der Waals surface area contributed by atoms with Gasteiger partial charge in [0.25, 0.3) is 0 Å². The summed E-state index contributed by atoms with van der Waals surface area (Å²) in [5.41, 5.74) is 0. The molecular formula is C42H76O16P2. The Balaban J connectivity index is 2.59. The fourth-order valence-corrected chi connectivity index (χ4v) is 7.79. The van der Waals surface area contributed by atoms with Crippen LogP contribution in [0.15, 0.2) is 36.5 Å². The van der Waals surface area contributed by atoms with Gasteiger partial charge in [-0.2, -0.15) is 0 Å². The van der Waals surface area contributed by atoms with Crippen molar-refractivity contribution in [1.29, 1.82) is 0 Å². The molecule has 0 saturated heterocycles. The SMILES string of the molecule is CCCCCC/C=C\CCCCCCCC(=O)O[C@H](COC(=O)CCC/C=C/C[C@@H]1[C@@H](/C=C/[C@@H](O)CCCCC)[C@H](O)C[C@@H]1O)COP(=O)(O)OC[C@@H](O)COP(=O)(O)O. The lowest BCUT2D eigenvalue weighted by Gasteiger charge is -2.20. The van der Waals surface area contributed by atoms with E-state index < -0.39 is 84.5 Å². The number of aliphatic hydroxyl groups is 4. The fourth-order valence-electron chi connectivity index (χ4n) is 6.63. The first-order valence-corrected chi connectivity index (χ1v) is 25.0. The Morgan fingerprint density at radius 3 is 1.92 bits per heavy atom. The highest BCUT2D eigenvalue weighted by Gasteiger charge is 2.39. The molecule has 0 radical (unpaired) electrons. The molecule has 0 heterocycles. The van der Waals surface area contributed by atoms with Gasteiger partial charge in [-0.05, 0) is 63.7 Å². The van der Waals surface area contributed by atoms with Gasteiger partial charge in [0, 0.05) is 25.2 Å². The molecule has 7 N–H and O–H groups in total. The molecule has 0 aliphatic heterocycles. The van der Waals surface area contributed by atoms with Gasteiger partial charge in [-0.1, -0.05) is 108 Å². The molecule has 0 spiro atoms. The normalized spacial score (nSPS) is 21.1. The zero-order valence-corrected chi connectivity index (χ0v) is 37.7. The third-order valence-electron chi connectivity index (χ3n) is 10.1. The Labute approximate surface area is 357 Å². The molecule has 350 valence electrons. The Bertz CT molecular complexity index is 1320. The van der Waals surface area contributed by atoms with Crippen molar-refractivity contribution in [2.45, 2.75) is 179 Å². The lowest BCUT2D eigenvalue weighted by molar-refractivity contribution is -0.161. The highest BCUT2D eigenvalue weighted by molar-refractivity contribution is 7.47. The van der Waals surface area contributed by atoms with E-state index in [1.54, 1.807) is 6.08 Å². The minimum atomic E-state index is -4.89. The summed E-state index contributed by atoms with van der Waals surface area (Å²) < 4.78 is 47.7. The molecule has 1 aliphatic carbocycles. The fraction of sp³-hybridized carbons (Fsp3) is 0.810. The molecule has 1 fully saturated rings. The summed E-state index contributed by atoms with van der Waals surface area (Å²) in [6.07, 6.45) is 23.8. The molecule has 1 unspecified atom stereocenters. The van der Waals surface area contributed by atoms with Crippen molar-refractivity contribution >= 4 is 27.6 Å². The second-order valence-electron chi connectivity index (χ2n) is 15.6. The largest absolute Gasteiger partial charge is 0.472 e. The Morgan fingerprint density at radius 1 is 0.667 bits per heavy atom. The number of carbonyl (C=O) groups is 2. The number of hydrogen-bond acceptors (Lipinski definition) is 13. The van der Waals surface area contributed by atoms with Crippen molar-refractivity contribution in [2.24, 2.45) is 11.8 Å². The number of rotatable bonds is 37. The third kappa shape index (κ3) is 30.3. The lowest BCUT2D eigenvalue weighted by atomic mass is 9.89. The van der Waals surface area contributed by atoms with Gasteiger partial charge in [-0.25, -0.2) is 9.13 Å². The van der Waals surface area contributed by atoms with Crippen LogP contribution in [-0.4, -0.2) is 104 Å². The lowest BCUT2D eigenvalue weighted by Crippen LogP contribution is -2.30. The van der Waals surface area contributed by atoms with Crippen LogP contribution in [0.1, 0.15) is 149 Å². The number of phosphoric ester groups is 2. The van der Waals surface area contributed by atoms with E-state index in [0.717, 1.165) is 57.8 Å². The number of ether oxygens (including phenoxy) is 2. The van der Waals surface area contributed by atoms with E-state index in [-0.39, 0.29) is 31.1 Å². The molecule has 0 aromatic heterocycles. The van der Waals surface area contributed by atoms with Crippen LogP contribution in [0.2, 0.25) is 0 Å². The van der Waals surface area contributed by atoms with Crippen molar-refractivity contribution in [3.63, 3.8) is 0 Å². The van der Waals surface area contributed by atoms with Crippen molar-refractivity contribution in [3.8, 4) is 0 Å². The second kappa shape index (κ2) is 33.7. The maximum absolute atomic E-state index is 12.7. The minimum Gasteiger partial charge on any atom is -0.462 e. The zero-order valence-electron chi connectivity index (χ0n) is 35.9. The van der Waals surface area contributed by atoms with E-state index in [4.69, 9.17) is 23.8 Å². The van der Waals surface area contributed by atoms with Crippen LogP contribution in [0.4, 0.5) is 0 Å². The topological polar surface area (TPSA) is 256 Å². The number of hydrogen-bond donors (Lipinski definition) is 7. The number of carbonyl (C=O) groups excluding carboxylic acids is 2. The van der Waals surface area contributed by atoms with E-state index in [1.807, 2.05) is 18.2 Å². The number of phosphoric acid groups is 2. The van der Waals surface area contributed by atoms with Gasteiger partial charge in [-0.3, -0.25) is 23.2 Å². The van der Waals surface area contributed by atoms with E-state index in [2.05, 4.69) is 35.0 Å². The average molecular weight is 899 g/mol. The molecule has 18 heteroatoms. The van der Waals surface area contributed by atoms with Crippen LogP contribution >= 0.6 is 15.6 Å². The van der Waals surface area contributed by atoms with Crippen LogP contribution in [0.3, 0.4) is 0 Å². The summed E-state index contributed by atoms with van der Waals surface area (Å²) in [5.74, 6) is -1.72. The van der Waals surface area contributed by atoms with Gasteiger partial charge in [0.2, 0.25) is 0 Å². The maximum atomic E-state index is 12.7. The average Bonchev–Trinajstić information content (AvgIpc) is 3.46. The molecule has 60 heavy (non-hydrogen) atoms. The first kappa shape index (κ1) is 56.2. The minimum absolute atomic E-state index is 0.0167. The second-order valence-corrected chi connectivity index (χ2v) is 18.3. The molecule has 1 saturated carbocycles. The van der Waals surface area contributed by atoms with Crippen molar-refractivity contribution in [2.75, 3.05) is 26.4 Å². The molecule has 0 amide bonds. The zero-order chi connectivity index (χ0) is 44.7. The smallest absolute Gasteiger partial charge is 0.462 e. The van der Waals surface area contributed by atoms with Crippen molar-refractivity contribution in [1.82, 2.24) is 0 Å². The Hall–Kier alpha value is -1.78. The molecule has 1 rings (SSSR count). The monoisotopic (exact) mass is 898 g/mol. The Kier molecular flexibility index (Phi) is 31.6. The summed E-state index contributed by atoms with van der Waals surface area (Å²) in [7, 11) is -9.76.